The fourth-order valence-corrected chi connectivity index (χ4v) is 5.91. The molecule has 3 unspecified atom stereocenters. The molecule has 0 bridgehead atoms. The Morgan fingerprint density at radius 2 is 1.81 bits per heavy atom. The predicted molar refractivity (Wildman–Crippen MR) is 127 cm³/mol. The van der Waals surface area contributed by atoms with Gasteiger partial charge in [0.2, 0.25) is 5.91 Å². The lowest BCUT2D eigenvalue weighted by Crippen LogP contribution is -2.44. The fourth-order valence-electron chi connectivity index (χ4n) is 5.91. The summed E-state index contributed by atoms with van der Waals surface area (Å²) in [6.07, 6.45) is 7.29. The number of hydrogen-bond donors (Lipinski definition) is 0. The average Bonchev–Trinajstić information content (AvgIpc) is 3.11. The summed E-state index contributed by atoms with van der Waals surface area (Å²) in [6, 6.07) is 5.05. The van der Waals surface area contributed by atoms with Crippen molar-refractivity contribution in [1.29, 1.82) is 0 Å². The zero-order valence-electron chi connectivity index (χ0n) is 19.9. The molecule has 0 aliphatic carbocycles. The van der Waals surface area contributed by atoms with E-state index in [-0.39, 0.29) is 17.8 Å². The Labute approximate surface area is 192 Å². The molecule has 0 N–H and O–H groups in total. The molecule has 3 aliphatic heterocycles. The summed E-state index contributed by atoms with van der Waals surface area (Å²) >= 11 is 0. The minimum Gasteiger partial charge on any atom is -0.493 e. The number of hydrogen-bond acceptors (Lipinski definition) is 4. The molecule has 0 radical (unpaired) electrons. The SMILES string of the molecule is CC1CC(C)CN(CCCOc2ccc(N3C(=O)CCC3CN3CCCCC3)c(F)c2)C1. The van der Waals surface area contributed by atoms with E-state index in [0.29, 0.717) is 24.5 Å². The number of carbonyl (C=O) groups excluding carboxylic acids is 1. The molecular formula is C26H40FN3O2. The largest absolute Gasteiger partial charge is 0.493 e. The lowest BCUT2D eigenvalue weighted by molar-refractivity contribution is -0.117. The topological polar surface area (TPSA) is 36.0 Å². The number of anilines is 1. The normalized spacial score (nSPS) is 27.8. The quantitative estimate of drug-likeness (QED) is 0.550. The third-order valence-electron chi connectivity index (χ3n) is 7.25. The monoisotopic (exact) mass is 445 g/mol. The standard InChI is InChI=1S/C26H40FN3O2/c1-20-15-21(2)18-29(17-20)13-6-14-32-23-8-9-25(24(27)16-23)30-22(7-10-26(30)31)19-28-11-4-3-5-12-28/h8-9,16,20-22H,3-7,10-15,17-19H2,1-2H3. The molecule has 1 aromatic carbocycles. The molecule has 0 spiro atoms. The summed E-state index contributed by atoms with van der Waals surface area (Å²) in [5.41, 5.74) is 0.401. The van der Waals surface area contributed by atoms with Crippen LogP contribution in [-0.4, -0.2) is 67.6 Å². The molecule has 3 aliphatic rings. The maximum Gasteiger partial charge on any atom is 0.227 e. The maximum absolute atomic E-state index is 15.0. The summed E-state index contributed by atoms with van der Waals surface area (Å²) in [7, 11) is 0. The zero-order valence-corrected chi connectivity index (χ0v) is 19.9. The Morgan fingerprint density at radius 3 is 2.53 bits per heavy atom. The van der Waals surface area contributed by atoms with Gasteiger partial charge in [-0.25, -0.2) is 4.39 Å². The predicted octanol–water partition coefficient (Wildman–Crippen LogP) is 4.55. The van der Waals surface area contributed by atoms with Gasteiger partial charge in [0, 0.05) is 38.7 Å². The van der Waals surface area contributed by atoms with Crippen LogP contribution in [0, 0.1) is 17.7 Å². The van der Waals surface area contributed by atoms with Gasteiger partial charge in [-0.3, -0.25) is 4.79 Å². The maximum atomic E-state index is 15.0. The Kier molecular flexibility index (Phi) is 8.06. The molecule has 3 saturated heterocycles. The number of benzene rings is 1. The molecule has 3 heterocycles. The molecule has 4 rings (SSSR count). The number of amides is 1. The Morgan fingerprint density at radius 1 is 1.06 bits per heavy atom. The minimum absolute atomic E-state index is 0.0320. The van der Waals surface area contributed by atoms with Crippen molar-refractivity contribution in [2.24, 2.45) is 11.8 Å². The van der Waals surface area contributed by atoms with E-state index >= 15 is 4.39 Å². The molecule has 0 saturated carbocycles. The van der Waals surface area contributed by atoms with E-state index in [1.54, 1.807) is 11.0 Å². The molecule has 6 heteroatoms. The van der Waals surface area contributed by atoms with E-state index in [9.17, 15) is 4.79 Å². The number of carbonyl (C=O) groups is 1. The second-order valence-electron chi connectivity index (χ2n) is 10.3. The van der Waals surface area contributed by atoms with Crippen LogP contribution in [0.2, 0.25) is 0 Å². The number of nitrogens with zero attached hydrogens (tertiary/aromatic N) is 3. The second-order valence-corrected chi connectivity index (χ2v) is 10.3. The Hall–Kier alpha value is -1.66. The number of halogens is 1. The Bertz CT molecular complexity index is 757. The van der Waals surface area contributed by atoms with E-state index in [0.717, 1.165) is 63.9 Å². The van der Waals surface area contributed by atoms with Crippen molar-refractivity contribution in [3.63, 3.8) is 0 Å². The van der Waals surface area contributed by atoms with Crippen LogP contribution >= 0.6 is 0 Å². The highest BCUT2D eigenvalue weighted by atomic mass is 19.1. The van der Waals surface area contributed by atoms with E-state index in [4.69, 9.17) is 4.74 Å². The van der Waals surface area contributed by atoms with Crippen LogP contribution in [0.5, 0.6) is 5.75 Å². The first-order valence-electron chi connectivity index (χ1n) is 12.7. The zero-order chi connectivity index (χ0) is 22.5. The number of ether oxygens (including phenoxy) is 1. The fraction of sp³-hybridized carbons (Fsp3) is 0.731. The van der Waals surface area contributed by atoms with E-state index in [1.165, 1.54) is 31.7 Å². The molecule has 1 amide bonds. The van der Waals surface area contributed by atoms with Gasteiger partial charge in [-0.1, -0.05) is 20.3 Å². The van der Waals surface area contributed by atoms with Crippen LogP contribution in [0.4, 0.5) is 10.1 Å². The van der Waals surface area contributed by atoms with Crippen molar-refractivity contribution < 1.29 is 13.9 Å². The highest BCUT2D eigenvalue weighted by molar-refractivity contribution is 5.96. The van der Waals surface area contributed by atoms with Gasteiger partial charge in [-0.05, 0) is 69.2 Å². The second kappa shape index (κ2) is 11.0. The summed E-state index contributed by atoms with van der Waals surface area (Å²) in [6.45, 7) is 11.6. The van der Waals surface area contributed by atoms with Gasteiger partial charge in [0.1, 0.15) is 5.75 Å². The summed E-state index contributed by atoms with van der Waals surface area (Å²) < 4.78 is 20.9. The Balaban J connectivity index is 1.29. The van der Waals surface area contributed by atoms with Crippen molar-refractivity contribution in [2.75, 3.05) is 50.8 Å². The van der Waals surface area contributed by atoms with Gasteiger partial charge in [0.25, 0.3) is 0 Å². The first-order chi connectivity index (χ1) is 15.5. The molecule has 32 heavy (non-hydrogen) atoms. The van der Waals surface area contributed by atoms with Gasteiger partial charge < -0.3 is 19.4 Å². The van der Waals surface area contributed by atoms with Crippen molar-refractivity contribution >= 4 is 11.6 Å². The molecule has 178 valence electrons. The van der Waals surface area contributed by atoms with Gasteiger partial charge in [-0.2, -0.15) is 0 Å². The van der Waals surface area contributed by atoms with Crippen LogP contribution in [-0.2, 0) is 4.79 Å². The third-order valence-corrected chi connectivity index (χ3v) is 7.25. The average molecular weight is 446 g/mol. The van der Waals surface area contributed by atoms with Gasteiger partial charge in [0.05, 0.1) is 18.3 Å². The summed E-state index contributed by atoms with van der Waals surface area (Å²) in [4.78, 5) is 19.2. The van der Waals surface area contributed by atoms with Crippen molar-refractivity contribution in [2.45, 2.75) is 64.8 Å². The van der Waals surface area contributed by atoms with Crippen molar-refractivity contribution in [1.82, 2.24) is 9.80 Å². The molecule has 5 nitrogen and oxygen atoms in total. The van der Waals surface area contributed by atoms with Gasteiger partial charge in [0.15, 0.2) is 5.82 Å². The van der Waals surface area contributed by atoms with Crippen molar-refractivity contribution in [3.05, 3.63) is 24.0 Å². The van der Waals surface area contributed by atoms with Crippen LogP contribution in [0.1, 0.15) is 58.8 Å². The summed E-state index contributed by atoms with van der Waals surface area (Å²) in [5, 5.41) is 0. The highest BCUT2D eigenvalue weighted by Gasteiger charge is 2.35. The summed E-state index contributed by atoms with van der Waals surface area (Å²) in [5.74, 6) is 1.73. The third kappa shape index (κ3) is 6.02. The van der Waals surface area contributed by atoms with Gasteiger partial charge in [-0.15, -0.1) is 0 Å². The molecular weight excluding hydrogens is 405 g/mol. The first-order valence-corrected chi connectivity index (χ1v) is 12.7. The van der Waals surface area contributed by atoms with Crippen LogP contribution in [0.15, 0.2) is 18.2 Å². The molecule has 1 aromatic rings. The van der Waals surface area contributed by atoms with E-state index < -0.39 is 0 Å². The van der Waals surface area contributed by atoms with Crippen LogP contribution in [0.3, 0.4) is 0 Å². The number of piperidine rings is 2. The highest BCUT2D eigenvalue weighted by Crippen LogP contribution is 2.32. The lowest BCUT2D eigenvalue weighted by atomic mass is 9.92. The smallest absolute Gasteiger partial charge is 0.227 e. The van der Waals surface area contributed by atoms with Crippen molar-refractivity contribution in [3.8, 4) is 5.75 Å². The first kappa shape index (κ1) is 23.5. The van der Waals surface area contributed by atoms with E-state index in [1.807, 2.05) is 6.07 Å². The van der Waals surface area contributed by atoms with Crippen LogP contribution in [0.25, 0.3) is 0 Å². The lowest BCUT2D eigenvalue weighted by Gasteiger charge is -2.34. The molecule has 0 aromatic heterocycles. The minimum atomic E-state index is -0.361. The van der Waals surface area contributed by atoms with Gasteiger partial charge >= 0.3 is 0 Å². The molecule has 3 atom stereocenters. The van der Waals surface area contributed by atoms with E-state index in [2.05, 4.69) is 23.6 Å². The molecule has 3 fully saturated rings. The van der Waals surface area contributed by atoms with Crippen LogP contribution < -0.4 is 9.64 Å². The number of likely N-dealkylation sites (tertiary alicyclic amines) is 2. The number of rotatable bonds is 8.